The van der Waals surface area contributed by atoms with Gasteiger partial charge >= 0.3 is 5.97 Å². The first-order valence-corrected chi connectivity index (χ1v) is 10.1. The average molecular weight is 390 g/mol. The molecule has 4 atom stereocenters. The number of nitrogens with one attached hydrogen (secondary N) is 1. The predicted octanol–water partition coefficient (Wildman–Crippen LogP) is 4.30. The molecule has 29 heavy (non-hydrogen) atoms. The first-order chi connectivity index (χ1) is 14.0. The van der Waals surface area contributed by atoms with E-state index in [-0.39, 0.29) is 17.7 Å². The van der Waals surface area contributed by atoms with Crippen LogP contribution < -0.4 is 5.32 Å². The largest absolute Gasteiger partial charge is 0.481 e. The van der Waals surface area contributed by atoms with Crippen molar-refractivity contribution >= 4 is 17.6 Å². The molecule has 1 aromatic heterocycles. The first kappa shape index (κ1) is 19.4. The number of rotatable bonds is 5. The number of carboxylic acid groups (broad SMARTS) is 1. The molecule has 2 bridgehead atoms. The molecule has 2 fully saturated rings. The molecule has 2 N–H and O–H groups in total. The Morgan fingerprint density at radius 2 is 1.55 bits per heavy atom. The minimum absolute atomic E-state index is 0.000915. The molecule has 0 aliphatic heterocycles. The normalized spacial score (nSPS) is 25.1. The van der Waals surface area contributed by atoms with Crippen LogP contribution in [-0.2, 0) is 16.0 Å². The molecule has 4 rings (SSSR count). The molecule has 2 saturated carbocycles. The smallest absolute Gasteiger partial charge is 0.307 e. The Morgan fingerprint density at radius 3 is 2.14 bits per heavy atom. The molecule has 0 radical (unpaired) electrons. The summed E-state index contributed by atoms with van der Waals surface area (Å²) in [4.78, 5) is 29.0. The number of amides is 1. The highest BCUT2D eigenvalue weighted by Crippen LogP contribution is 2.57. The molecule has 1 heterocycles. The van der Waals surface area contributed by atoms with E-state index in [1.165, 1.54) is 16.7 Å². The summed E-state index contributed by atoms with van der Waals surface area (Å²) in [7, 11) is 0. The number of fused-ring (bicyclic) bond motifs is 2. The second kappa shape index (κ2) is 7.82. The van der Waals surface area contributed by atoms with E-state index in [1.807, 2.05) is 50.2 Å². The molecule has 0 saturated heterocycles. The van der Waals surface area contributed by atoms with Crippen molar-refractivity contribution in [3.05, 3.63) is 71.1 Å². The molecule has 5 nitrogen and oxygen atoms in total. The van der Waals surface area contributed by atoms with Gasteiger partial charge in [0.2, 0.25) is 5.91 Å². The number of nitrogens with zero attached hydrogens (tertiary/aromatic N) is 1. The van der Waals surface area contributed by atoms with Crippen molar-refractivity contribution in [3.63, 3.8) is 0 Å². The number of carboxylic acids is 1. The highest BCUT2D eigenvalue weighted by Gasteiger charge is 2.57. The van der Waals surface area contributed by atoms with Crippen LogP contribution in [0, 0.1) is 23.7 Å². The topological polar surface area (TPSA) is 79.3 Å². The van der Waals surface area contributed by atoms with E-state index in [9.17, 15) is 14.7 Å². The fourth-order valence-corrected chi connectivity index (χ4v) is 5.27. The Morgan fingerprint density at radius 1 is 0.966 bits per heavy atom. The molecule has 1 aromatic carbocycles. The Kier molecular flexibility index (Phi) is 5.22. The van der Waals surface area contributed by atoms with Gasteiger partial charge in [-0.1, -0.05) is 23.3 Å². The van der Waals surface area contributed by atoms with Gasteiger partial charge in [0.25, 0.3) is 0 Å². The van der Waals surface area contributed by atoms with Crippen LogP contribution in [0.5, 0.6) is 0 Å². The second-order valence-electron chi connectivity index (χ2n) is 8.35. The molecular weight excluding hydrogens is 364 g/mol. The summed E-state index contributed by atoms with van der Waals surface area (Å²) in [5.41, 5.74) is 5.39. The van der Waals surface area contributed by atoms with Crippen molar-refractivity contribution in [2.24, 2.45) is 23.7 Å². The Labute approximate surface area is 170 Å². The SMILES string of the molecule is CC(C)=C1[C@H]2CC[C@H]1[C@@H](C(=O)O)[C@H]2C(=O)Nc1ccc(Cc2ccncc2)cc1. The van der Waals surface area contributed by atoms with Gasteiger partial charge < -0.3 is 10.4 Å². The first-order valence-electron chi connectivity index (χ1n) is 10.1. The molecule has 5 heteroatoms. The molecule has 0 spiro atoms. The molecule has 2 aromatic rings. The van der Waals surface area contributed by atoms with Crippen molar-refractivity contribution < 1.29 is 14.7 Å². The number of benzene rings is 1. The fraction of sp³-hybridized carbons (Fsp3) is 0.375. The highest BCUT2D eigenvalue weighted by atomic mass is 16.4. The lowest BCUT2D eigenvalue weighted by atomic mass is 9.78. The number of aromatic nitrogens is 1. The number of allylic oxidation sites excluding steroid dienone is 2. The van der Waals surface area contributed by atoms with Gasteiger partial charge in [0.15, 0.2) is 0 Å². The Hall–Kier alpha value is -2.95. The third-order valence-electron chi connectivity index (χ3n) is 6.39. The third-order valence-corrected chi connectivity index (χ3v) is 6.39. The van der Waals surface area contributed by atoms with Gasteiger partial charge in [0.1, 0.15) is 0 Å². The van der Waals surface area contributed by atoms with E-state index in [4.69, 9.17) is 0 Å². The van der Waals surface area contributed by atoms with Crippen molar-refractivity contribution in [2.45, 2.75) is 33.1 Å². The fourth-order valence-electron chi connectivity index (χ4n) is 5.27. The van der Waals surface area contributed by atoms with Gasteiger partial charge in [-0.05, 0) is 80.3 Å². The minimum atomic E-state index is -0.858. The summed E-state index contributed by atoms with van der Waals surface area (Å²) >= 11 is 0. The van der Waals surface area contributed by atoms with Crippen molar-refractivity contribution in [2.75, 3.05) is 5.32 Å². The van der Waals surface area contributed by atoms with Crippen LogP contribution in [0.25, 0.3) is 0 Å². The van der Waals surface area contributed by atoms with Gasteiger partial charge in [-0.15, -0.1) is 0 Å². The lowest BCUT2D eigenvalue weighted by molar-refractivity contribution is -0.148. The van der Waals surface area contributed by atoms with Gasteiger partial charge in [-0.25, -0.2) is 0 Å². The summed E-state index contributed by atoms with van der Waals surface area (Å²) < 4.78 is 0. The molecular formula is C24H26N2O3. The van der Waals surface area contributed by atoms with Crippen LogP contribution in [0.4, 0.5) is 5.69 Å². The van der Waals surface area contributed by atoms with E-state index in [0.717, 1.165) is 24.8 Å². The van der Waals surface area contributed by atoms with Crippen LogP contribution in [0.3, 0.4) is 0 Å². The number of anilines is 1. The number of carbonyl (C=O) groups excluding carboxylic acids is 1. The van der Waals surface area contributed by atoms with Crippen LogP contribution in [0.2, 0.25) is 0 Å². The maximum atomic E-state index is 13.1. The Balaban J connectivity index is 1.49. The highest BCUT2D eigenvalue weighted by molar-refractivity contribution is 5.96. The van der Waals surface area contributed by atoms with Gasteiger partial charge in [0.05, 0.1) is 11.8 Å². The average Bonchev–Trinajstić information content (AvgIpc) is 3.27. The number of hydrogen-bond acceptors (Lipinski definition) is 3. The summed E-state index contributed by atoms with van der Waals surface area (Å²) in [6.07, 6.45) is 6.12. The van der Waals surface area contributed by atoms with E-state index in [0.29, 0.717) is 5.69 Å². The number of hydrogen-bond donors (Lipinski definition) is 2. The van der Waals surface area contributed by atoms with Crippen molar-refractivity contribution in [1.82, 2.24) is 4.98 Å². The zero-order valence-electron chi connectivity index (χ0n) is 16.8. The van der Waals surface area contributed by atoms with Crippen LogP contribution in [0.1, 0.15) is 37.8 Å². The van der Waals surface area contributed by atoms with E-state index < -0.39 is 17.8 Å². The molecule has 0 unspecified atom stereocenters. The van der Waals surface area contributed by atoms with E-state index in [2.05, 4.69) is 10.3 Å². The summed E-state index contributed by atoms with van der Waals surface area (Å²) in [6, 6.07) is 11.7. The monoisotopic (exact) mass is 390 g/mol. The lowest BCUT2D eigenvalue weighted by Gasteiger charge is -2.26. The second-order valence-corrected chi connectivity index (χ2v) is 8.35. The van der Waals surface area contributed by atoms with Crippen LogP contribution in [0.15, 0.2) is 59.9 Å². The third kappa shape index (κ3) is 3.69. The van der Waals surface area contributed by atoms with E-state index in [1.54, 1.807) is 12.4 Å². The minimum Gasteiger partial charge on any atom is -0.481 e. The number of pyridine rings is 1. The zero-order chi connectivity index (χ0) is 20.5. The Bertz CT molecular complexity index is 946. The predicted molar refractivity (Wildman–Crippen MR) is 111 cm³/mol. The summed E-state index contributed by atoms with van der Waals surface area (Å²) in [6.45, 7) is 4.06. The van der Waals surface area contributed by atoms with Gasteiger partial charge in [0, 0.05) is 18.1 Å². The summed E-state index contributed by atoms with van der Waals surface area (Å²) in [5.74, 6) is -2.09. The van der Waals surface area contributed by atoms with Gasteiger partial charge in [-0.2, -0.15) is 0 Å². The van der Waals surface area contributed by atoms with Gasteiger partial charge in [-0.3, -0.25) is 14.6 Å². The molecule has 150 valence electrons. The van der Waals surface area contributed by atoms with Crippen LogP contribution in [-0.4, -0.2) is 22.0 Å². The quantitative estimate of drug-likeness (QED) is 0.746. The maximum Gasteiger partial charge on any atom is 0.307 e. The number of carbonyl (C=O) groups is 2. The van der Waals surface area contributed by atoms with E-state index >= 15 is 0 Å². The summed E-state index contributed by atoms with van der Waals surface area (Å²) in [5, 5.41) is 12.8. The van der Waals surface area contributed by atoms with Crippen LogP contribution >= 0.6 is 0 Å². The van der Waals surface area contributed by atoms with Crippen molar-refractivity contribution in [1.29, 1.82) is 0 Å². The molecule has 2 aliphatic carbocycles. The lowest BCUT2D eigenvalue weighted by Crippen LogP contribution is -2.37. The maximum absolute atomic E-state index is 13.1. The van der Waals surface area contributed by atoms with Crippen molar-refractivity contribution in [3.8, 4) is 0 Å². The molecule has 1 amide bonds. The standard InChI is InChI=1S/C24H26N2O3/c1-14(2)20-18-7-8-19(20)22(24(28)29)21(18)23(27)26-17-5-3-15(4-6-17)13-16-9-11-25-12-10-16/h3-6,9-12,18-19,21-22H,7-8,13H2,1-2H3,(H,26,27)(H,28,29)/t18-,19-,21+,22-/m1/s1. The zero-order valence-corrected chi connectivity index (χ0v) is 16.8. The molecule has 2 aliphatic rings. The number of aliphatic carboxylic acids is 1.